The Morgan fingerprint density at radius 3 is 2.80 bits per heavy atom. The molecule has 0 aromatic heterocycles. The zero-order valence-electron chi connectivity index (χ0n) is 14.4. The van der Waals surface area contributed by atoms with Gasteiger partial charge < -0.3 is 15.0 Å². The van der Waals surface area contributed by atoms with Crippen LogP contribution in [0.4, 0.5) is 11.4 Å². The average Bonchev–Trinajstić information content (AvgIpc) is 2.61. The van der Waals surface area contributed by atoms with Gasteiger partial charge in [-0.05, 0) is 38.3 Å². The topological polar surface area (TPSA) is 84.7 Å². The van der Waals surface area contributed by atoms with Crippen LogP contribution in [-0.2, 0) is 9.53 Å². The van der Waals surface area contributed by atoms with Gasteiger partial charge in [0.05, 0.1) is 4.92 Å². The number of piperidine rings is 1. The molecule has 138 valence electrons. The molecule has 25 heavy (non-hydrogen) atoms. The predicted octanol–water partition coefficient (Wildman–Crippen LogP) is 3.12. The molecule has 2 rings (SSSR count). The van der Waals surface area contributed by atoms with Crippen LogP contribution in [0.3, 0.4) is 0 Å². The second-order valence-corrected chi connectivity index (χ2v) is 6.91. The first-order valence-electron chi connectivity index (χ1n) is 8.57. The second-order valence-electron chi connectivity index (χ2n) is 5.99. The fourth-order valence-electron chi connectivity index (χ4n) is 2.97. The van der Waals surface area contributed by atoms with E-state index in [1.54, 1.807) is 12.1 Å². The van der Waals surface area contributed by atoms with Gasteiger partial charge in [-0.15, -0.1) is 0 Å². The number of nitro groups is 1. The number of halogens is 1. The molecule has 8 heteroatoms. The fourth-order valence-corrected chi connectivity index (χ4v) is 3.32. The summed E-state index contributed by atoms with van der Waals surface area (Å²) in [5.41, 5.74) is 0.706. The van der Waals surface area contributed by atoms with Gasteiger partial charge in [0.1, 0.15) is 5.69 Å². The average molecular weight is 414 g/mol. The molecule has 0 saturated carbocycles. The number of carbonyl (C=O) groups is 1. The number of amides is 1. The molecule has 1 aliphatic rings. The summed E-state index contributed by atoms with van der Waals surface area (Å²) in [5.74, 6) is 0.0410. The van der Waals surface area contributed by atoms with Gasteiger partial charge in [-0.2, -0.15) is 0 Å². The van der Waals surface area contributed by atoms with Crippen molar-refractivity contribution in [1.29, 1.82) is 0 Å². The number of carbonyl (C=O) groups excluding carboxylic acids is 1. The van der Waals surface area contributed by atoms with Gasteiger partial charge in [0, 0.05) is 49.3 Å². The molecule has 0 unspecified atom stereocenters. The Labute approximate surface area is 156 Å². The highest BCUT2D eigenvalue weighted by Crippen LogP contribution is 2.33. The van der Waals surface area contributed by atoms with Crippen LogP contribution < -0.4 is 10.2 Å². The number of anilines is 1. The summed E-state index contributed by atoms with van der Waals surface area (Å²) >= 11 is 3.27. The molecule has 0 atom stereocenters. The SMILES string of the molecule is CCOCCCNC(=O)C1CCN(c2ccc(Br)cc2[N+](=O)[O-])CC1. The summed E-state index contributed by atoms with van der Waals surface area (Å²) in [7, 11) is 0. The highest BCUT2D eigenvalue weighted by atomic mass is 79.9. The molecule has 1 heterocycles. The second kappa shape index (κ2) is 9.72. The number of hydrogen-bond acceptors (Lipinski definition) is 5. The minimum atomic E-state index is -0.364. The van der Waals surface area contributed by atoms with Gasteiger partial charge in [-0.25, -0.2) is 0 Å². The zero-order valence-corrected chi connectivity index (χ0v) is 16.0. The molecule has 1 fully saturated rings. The minimum absolute atomic E-state index is 0.0298. The first-order chi connectivity index (χ1) is 12.0. The van der Waals surface area contributed by atoms with E-state index in [1.807, 2.05) is 11.8 Å². The molecule has 1 aliphatic heterocycles. The third-order valence-electron chi connectivity index (χ3n) is 4.31. The van der Waals surface area contributed by atoms with E-state index in [-0.39, 0.29) is 22.4 Å². The van der Waals surface area contributed by atoms with Crippen LogP contribution in [0.15, 0.2) is 22.7 Å². The molecule has 0 radical (unpaired) electrons. The lowest BCUT2D eigenvalue weighted by atomic mass is 9.95. The Hall–Kier alpha value is -1.67. The van der Waals surface area contributed by atoms with Crippen LogP contribution in [-0.4, -0.2) is 43.7 Å². The number of nitro benzene ring substituents is 1. The number of benzene rings is 1. The van der Waals surface area contributed by atoms with Crippen molar-refractivity contribution in [3.63, 3.8) is 0 Å². The highest BCUT2D eigenvalue weighted by Gasteiger charge is 2.28. The monoisotopic (exact) mass is 413 g/mol. The molecular weight excluding hydrogens is 390 g/mol. The molecule has 1 aromatic carbocycles. The maximum absolute atomic E-state index is 12.2. The van der Waals surface area contributed by atoms with Gasteiger partial charge in [0.2, 0.25) is 5.91 Å². The van der Waals surface area contributed by atoms with E-state index < -0.39 is 0 Å². The molecule has 0 bridgehead atoms. The summed E-state index contributed by atoms with van der Waals surface area (Å²) in [6.07, 6.45) is 2.21. The van der Waals surface area contributed by atoms with Crippen LogP contribution in [0.2, 0.25) is 0 Å². The van der Waals surface area contributed by atoms with E-state index in [9.17, 15) is 14.9 Å². The Morgan fingerprint density at radius 2 is 2.16 bits per heavy atom. The molecule has 1 amide bonds. The lowest BCUT2D eigenvalue weighted by molar-refractivity contribution is -0.384. The minimum Gasteiger partial charge on any atom is -0.382 e. The number of hydrogen-bond donors (Lipinski definition) is 1. The van der Waals surface area contributed by atoms with Crippen molar-refractivity contribution in [2.24, 2.45) is 5.92 Å². The normalized spacial score (nSPS) is 15.2. The quantitative estimate of drug-likeness (QED) is 0.402. The molecule has 7 nitrogen and oxygen atoms in total. The third kappa shape index (κ3) is 5.67. The molecule has 1 N–H and O–H groups in total. The Bertz CT molecular complexity index is 604. The van der Waals surface area contributed by atoms with Crippen molar-refractivity contribution in [3.05, 3.63) is 32.8 Å². The smallest absolute Gasteiger partial charge is 0.293 e. The largest absolute Gasteiger partial charge is 0.382 e. The number of rotatable bonds is 8. The molecular formula is C17H24BrN3O4. The van der Waals surface area contributed by atoms with Crippen molar-refractivity contribution in [2.45, 2.75) is 26.2 Å². The Morgan fingerprint density at radius 1 is 1.44 bits per heavy atom. The summed E-state index contributed by atoms with van der Waals surface area (Å²) in [6.45, 7) is 5.19. The van der Waals surface area contributed by atoms with E-state index in [4.69, 9.17) is 4.74 Å². The van der Waals surface area contributed by atoms with Crippen molar-refractivity contribution in [1.82, 2.24) is 5.32 Å². The molecule has 1 saturated heterocycles. The van der Waals surface area contributed by atoms with Crippen LogP contribution >= 0.6 is 15.9 Å². The van der Waals surface area contributed by atoms with Crippen molar-refractivity contribution < 1.29 is 14.5 Å². The maximum Gasteiger partial charge on any atom is 0.293 e. The van der Waals surface area contributed by atoms with Gasteiger partial charge in [0.25, 0.3) is 5.69 Å². The standard InChI is InChI=1S/C17H24BrN3O4/c1-2-25-11-3-8-19-17(22)13-6-9-20(10-7-13)15-5-4-14(18)12-16(15)21(23)24/h4-5,12-13H,2-3,6-11H2,1H3,(H,19,22). The third-order valence-corrected chi connectivity index (χ3v) is 4.80. The van der Waals surface area contributed by atoms with Gasteiger partial charge in [0.15, 0.2) is 0 Å². The summed E-state index contributed by atoms with van der Waals surface area (Å²) in [4.78, 5) is 25.1. The predicted molar refractivity (Wildman–Crippen MR) is 99.9 cm³/mol. The van der Waals surface area contributed by atoms with E-state index >= 15 is 0 Å². The fraction of sp³-hybridized carbons (Fsp3) is 0.588. The summed E-state index contributed by atoms with van der Waals surface area (Å²) in [6, 6.07) is 5.09. The lowest BCUT2D eigenvalue weighted by Crippen LogP contribution is -2.41. The Balaban J connectivity index is 1.85. The van der Waals surface area contributed by atoms with E-state index in [0.717, 1.165) is 6.42 Å². The first kappa shape index (κ1) is 19.7. The number of ether oxygens (including phenoxy) is 1. The molecule has 0 aliphatic carbocycles. The number of nitrogens with zero attached hydrogens (tertiary/aromatic N) is 2. The van der Waals surface area contributed by atoms with Crippen molar-refractivity contribution in [3.8, 4) is 0 Å². The van der Waals surface area contributed by atoms with Crippen molar-refractivity contribution >= 4 is 33.2 Å². The number of nitrogens with one attached hydrogen (secondary N) is 1. The first-order valence-corrected chi connectivity index (χ1v) is 9.36. The van der Waals surface area contributed by atoms with Crippen molar-refractivity contribution in [2.75, 3.05) is 37.7 Å². The molecule has 1 aromatic rings. The van der Waals surface area contributed by atoms with E-state index in [2.05, 4.69) is 21.2 Å². The maximum atomic E-state index is 12.2. The van der Waals surface area contributed by atoms with Crippen LogP contribution in [0, 0.1) is 16.0 Å². The van der Waals surface area contributed by atoms with Gasteiger partial charge in [-0.3, -0.25) is 14.9 Å². The Kier molecular flexibility index (Phi) is 7.64. The summed E-state index contributed by atoms with van der Waals surface area (Å²) in [5, 5.41) is 14.2. The van der Waals surface area contributed by atoms with Crippen LogP contribution in [0.25, 0.3) is 0 Å². The zero-order chi connectivity index (χ0) is 18.2. The summed E-state index contributed by atoms with van der Waals surface area (Å²) < 4.78 is 5.93. The highest BCUT2D eigenvalue weighted by molar-refractivity contribution is 9.10. The molecule has 0 spiro atoms. The van der Waals surface area contributed by atoms with E-state index in [0.29, 0.717) is 55.8 Å². The van der Waals surface area contributed by atoms with Crippen LogP contribution in [0.1, 0.15) is 26.2 Å². The van der Waals surface area contributed by atoms with Gasteiger partial charge >= 0.3 is 0 Å². The van der Waals surface area contributed by atoms with Gasteiger partial charge in [-0.1, -0.05) is 15.9 Å². The van der Waals surface area contributed by atoms with Crippen LogP contribution in [0.5, 0.6) is 0 Å². The van der Waals surface area contributed by atoms with E-state index in [1.165, 1.54) is 6.07 Å². The lowest BCUT2D eigenvalue weighted by Gasteiger charge is -2.32.